The maximum Gasteiger partial charge on any atom is 0.0937 e. The first-order valence-corrected chi connectivity index (χ1v) is 7.50. The second kappa shape index (κ2) is 5.22. The predicted octanol–water partition coefficient (Wildman–Crippen LogP) is 3.59. The summed E-state index contributed by atoms with van der Waals surface area (Å²) in [6.07, 6.45) is 0.0719. The largest absolute Gasteiger partial charge is 0.387 e. The Balaban J connectivity index is 2.21. The van der Waals surface area contributed by atoms with Gasteiger partial charge in [0, 0.05) is 18.3 Å². The molecule has 2 heterocycles. The topological polar surface area (TPSA) is 38.0 Å². The number of thiophene rings is 1. The Bertz CT molecular complexity index is 536. The summed E-state index contributed by atoms with van der Waals surface area (Å²) < 4.78 is 3.83. The van der Waals surface area contributed by atoms with E-state index in [0.29, 0.717) is 6.42 Å². The highest BCUT2D eigenvalue weighted by Gasteiger charge is 2.17. The van der Waals surface area contributed by atoms with Crippen LogP contribution in [0.15, 0.2) is 20.4 Å². The first-order chi connectivity index (χ1) is 7.99. The molecule has 0 radical (unpaired) electrons. The number of hydrogen-bond donors (Lipinski definition) is 1. The molecule has 2 aromatic rings. The van der Waals surface area contributed by atoms with E-state index in [1.54, 1.807) is 11.3 Å². The molecule has 92 valence electrons. The van der Waals surface area contributed by atoms with Crippen molar-refractivity contribution in [3.05, 3.63) is 36.7 Å². The van der Waals surface area contributed by atoms with Crippen LogP contribution in [0.25, 0.3) is 0 Å². The van der Waals surface area contributed by atoms with Gasteiger partial charge in [-0.2, -0.15) is 5.10 Å². The number of rotatable bonds is 3. The van der Waals surface area contributed by atoms with Gasteiger partial charge in [-0.3, -0.25) is 4.68 Å². The molecule has 0 fully saturated rings. The van der Waals surface area contributed by atoms with Crippen molar-refractivity contribution in [1.29, 1.82) is 0 Å². The first kappa shape index (κ1) is 13.3. The number of aromatic nitrogens is 2. The molecular formula is C11H12Br2N2OS. The summed E-state index contributed by atoms with van der Waals surface area (Å²) in [5, 5.41) is 14.5. The van der Waals surface area contributed by atoms with Crippen molar-refractivity contribution in [3.8, 4) is 0 Å². The molecule has 0 aliphatic carbocycles. The summed E-state index contributed by atoms with van der Waals surface area (Å²) in [5.41, 5.74) is 1.96. The average Bonchev–Trinajstić information content (AvgIpc) is 2.79. The van der Waals surface area contributed by atoms with Crippen LogP contribution < -0.4 is 0 Å². The fraction of sp³-hybridized carbons (Fsp3) is 0.364. The van der Waals surface area contributed by atoms with Gasteiger partial charge in [0.1, 0.15) is 0 Å². The number of aliphatic hydroxyl groups excluding tert-OH is 1. The summed E-state index contributed by atoms with van der Waals surface area (Å²) >= 11 is 8.46. The molecule has 1 N–H and O–H groups in total. The zero-order chi connectivity index (χ0) is 12.6. The molecule has 6 heteroatoms. The van der Waals surface area contributed by atoms with Gasteiger partial charge < -0.3 is 5.11 Å². The number of aryl methyl sites for hydroxylation is 2. The van der Waals surface area contributed by atoms with Crippen LogP contribution in [-0.2, 0) is 13.5 Å². The maximum absolute atomic E-state index is 10.2. The zero-order valence-electron chi connectivity index (χ0n) is 9.44. The Morgan fingerprint density at radius 3 is 2.65 bits per heavy atom. The quantitative estimate of drug-likeness (QED) is 0.884. The van der Waals surface area contributed by atoms with Gasteiger partial charge in [-0.05, 0) is 50.9 Å². The van der Waals surface area contributed by atoms with Gasteiger partial charge >= 0.3 is 0 Å². The molecule has 17 heavy (non-hydrogen) atoms. The lowest BCUT2D eigenvalue weighted by atomic mass is 10.1. The van der Waals surface area contributed by atoms with E-state index in [0.717, 1.165) is 24.5 Å². The van der Waals surface area contributed by atoms with Crippen molar-refractivity contribution >= 4 is 43.2 Å². The molecule has 3 nitrogen and oxygen atoms in total. The summed E-state index contributed by atoms with van der Waals surface area (Å²) in [6, 6.07) is 3.89. The molecule has 0 aliphatic rings. The van der Waals surface area contributed by atoms with E-state index in [2.05, 4.69) is 37.0 Å². The Hall–Kier alpha value is -0.170. The number of nitrogens with zero attached hydrogens (tertiary/aromatic N) is 2. The molecule has 0 spiro atoms. The molecular weight excluding hydrogens is 368 g/mol. The molecule has 0 amide bonds. The van der Waals surface area contributed by atoms with E-state index >= 15 is 0 Å². The van der Waals surface area contributed by atoms with Crippen molar-refractivity contribution in [1.82, 2.24) is 9.78 Å². The summed E-state index contributed by atoms with van der Waals surface area (Å²) in [6.45, 7) is 1.95. The molecule has 2 rings (SSSR count). The van der Waals surface area contributed by atoms with Crippen LogP contribution in [0.5, 0.6) is 0 Å². The van der Waals surface area contributed by atoms with Crippen LogP contribution >= 0.6 is 43.2 Å². The number of aliphatic hydroxyl groups is 1. The maximum atomic E-state index is 10.2. The van der Waals surface area contributed by atoms with Crippen molar-refractivity contribution in [2.75, 3.05) is 0 Å². The minimum Gasteiger partial charge on any atom is -0.387 e. The minimum atomic E-state index is -0.489. The highest BCUT2D eigenvalue weighted by molar-refractivity contribution is 9.11. The van der Waals surface area contributed by atoms with Crippen LogP contribution in [0.4, 0.5) is 0 Å². The third-order valence-electron chi connectivity index (χ3n) is 2.57. The van der Waals surface area contributed by atoms with Crippen molar-refractivity contribution in [3.63, 3.8) is 0 Å². The second-order valence-electron chi connectivity index (χ2n) is 3.83. The van der Waals surface area contributed by atoms with Gasteiger partial charge in [0.15, 0.2) is 0 Å². The SMILES string of the molecule is Cc1nn(C)c(CC(O)c2ccc(Br)s2)c1Br. The van der Waals surface area contributed by atoms with Crippen LogP contribution in [0.2, 0.25) is 0 Å². The molecule has 1 atom stereocenters. The van der Waals surface area contributed by atoms with Crippen LogP contribution in [0.1, 0.15) is 22.4 Å². The minimum absolute atomic E-state index is 0.489. The third kappa shape index (κ3) is 2.81. The summed E-state index contributed by atoms with van der Waals surface area (Å²) in [7, 11) is 1.89. The van der Waals surface area contributed by atoms with Crippen LogP contribution in [0.3, 0.4) is 0 Å². The van der Waals surface area contributed by atoms with Gasteiger partial charge in [-0.15, -0.1) is 11.3 Å². The molecule has 1 unspecified atom stereocenters. The molecule has 0 saturated carbocycles. The fourth-order valence-corrected chi connectivity index (χ4v) is 3.60. The Labute approximate surface area is 121 Å². The van der Waals surface area contributed by atoms with Crippen LogP contribution in [-0.4, -0.2) is 14.9 Å². The lowest BCUT2D eigenvalue weighted by Crippen LogP contribution is -2.05. The van der Waals surface area contributed by atoms with E-state index in [9.17, 15) is 5.11 Å². The van der Waals surface area contributed by atoms with Gasteiger partial charge in [-0.1, -0.05) is 0 Å². The van der Waals surface area contributed by atoms with Crippen molar-refractivity contribution in [2.24, 2.45) is 7.05 Å². The Kier molecular flexibility index (Phi) is 4.07. The lowest BCUT2D eigenvalue weighted by molar-refractivity contribution is 0.179. The highest BCUT2D eigenvalue weighted by Crippen LogP contribution is 2.31. The smallest absolute Gasteiger partial charge is 0.0937 e. The second-order valence-corrected chi connectivity index (χ2v) is 7.12. The molecule has 0 aromatic carbocycles. The number of halogens is 2. The fourth-order valence-electron chi connectivity index (χ4n) is 1.69. The normalized spacial score (nSPS) is 13.0. The standard InChI is InChI=1S/C11H12Br2N2OS/c1-6-11(13)7(15(2)14-6)5-8(16)9-3-4-10(12)17-9/h3-4,8,16H,5H2,1-2H3. The predicted molar refractivity (Wildman–Crippen MR) is 76.3 cm³/mol. The van der Waals surface area contributed by atoms with Crippen molar-refractivity contribution < 1.29 is 5.11 Å². The average molecular weight is 380 g/mol. The Morgan fingerprint density at radius 1 is 1.47 bits per heavy atom. The monoisotopic (exact) mass is 378 g/mol. The first-order valence-electron chi connectivity index (χ1n) is 5.10. The van der Waals surface area contributed by atoms with E-state index in [4.69, 9.17) is 0 Å². The van der Waals surface area contributed by atoms with Crippen LogP contribution in [0, 0.1) is 6.92 Å². The molecule has 0 aliphatic heterocycles. The zero-order valence-corrected chi connectivity index (χ0v) is 13.4. The van der Waals surface area contributed by atoms with Gasteiger partial charge in [0.05, 0.1) is 25.8 Å². The van der Waals surface area contributed by atoms with Gasteiger partial charge in [0.25, 0.3) is 0 Å². The summed E-state index contributed by atoms with van der Waals surface area (Å²) in [5.74, 6) is 0. The van der Waals surface area contributed by atoms with Gasteiger partial charge in [-0.25, -0.2) is 0 Å². The lowest BCUT2D eigenvalue weighted by Gasteiger charge is -2.09. The molecule has 0 saturated heterocycles. The number of hydrogen-bond acceptors (Lipinski definition) is 3. The molecule has 0 bridgehead atoms. The van der Waals surface area contributed by atoms with Gasteiger partial charge in [0.2, 0.25) is 0 Å². The Morgan fingerprint density at radius 2 is 2.18 bits per heavy atom. The third-order valence-corrected chi connectivity index (χ3v) is 5.33. The van der Waals surface area contributed by atoms with Crippen molar-refractivity contribution in [2.45, 2.75) is 19.4 Å². The van der Waals surface area contributed by atoms with E-state index in [1.807, 2.05) is 30.8 Å². The van der Waals surface area contributed by atoms with E-state index in [1.165, 1.54) is 0 Å². The highest BCUT2D eigenvalue weighted by atomic mass is 79.9. The van der Waals surface area contributed by atoms with E-state index < -0.39 is 6.10 Å². The molecule has 2 aromatic heterocycles. The van der Waals surface area contributed by atoms with E-state index in [-0.39, 0.29) is 0 Å². The summed E-state index contributed by atoms with van der Waals surface area (Å²) in [4.78, 5) is 0.961.